The zero-order valence-corrected chi connectivity index (χ0v) is 7.40. The second-order valence-electron chi connectivity index (χ2n) is 2.73. The highest BCUT2D eigenvalue weighted by molar-refractivity contribution is 5.80. The number of carbonyl (C=O) groups excluding carboxylic acids is 1. The van der Waals surface area contributed by atoms with E-state index in [9.17, 15) is 15.0 Å². The van der Waals surface area contributed by atoms with Crippen molar-refractivity contribution in [2.45, 2.75) is 24.9 Å². The van der Waals surface area contributed by atoms with Gasteiger partial charge in [-0.1, -0.05) is 5.11 Å². The zero-order valence-electron chi connectivity index (χ0n) is 7.40. The van der Waals surface area contributed by atoms with Crippen molar-refractivity contribution in [1.82, 2.24) is 0 Å². The maximum atomic E-state index is 10.6. The average molecular weight is 205 g/mol. The van der Waals surface area contributed by atoms with E-state index in [1.165, 1.54) is 0 Å². The number of azide groups is 1. The van der Waals surface area contributed by atoms with Crippen molar-refractivity contribution >= 4 is 5.78 Å². The Balaban J connectivity index is 4.85. The van der Waals surface area contributed by atoms with Gasteiger partial charge in [-0.3, -0.25) is 4.79 Å². The highest BCUT2D eigenvalue weighted by Gasteiger charge is 2.40. The third-order valence-electron chi connectivity index (χ3n) is 1.64. The van der Waals surface area contributed by atoms with Crippen LogP contribution in [0, 0.1) is 0 Å². The van der Waals surface area contributed by atoms with Crippen LogP contribution < -0.4 is 0 Å². The van der Waals surface area contributed by atoms with E-state index in [-0.39, 0.29) is 0 Å². The number of hydrogen-bond donors (Lipinski definition) is 4. The number of aliphatic hydroxyl groups is 4. The fourth-order valence-corrected chi connectivity index (χ4v) is 0.737. The number of ketones is 1. The van der Waals surface area contributed by atoms with Crippen LogP contribution in [0.5, 0.6) is 0 Å². The molecule has 0 unspecified atom stereocenters. The molecule has 4 N–H and O–H groups in total. The van der Waals surface area contributed by atoms with Crippen molar-refractivity contribution < 1.29 is 25.2 Å². The first-order valence-corrected chi connectivity index (χ1v) is 3.65. The van der Waals surface area contributed by atoms with E-state index in [1.54, 1.807) is 0 Å². The van der Waals surface area contributed by atoms with Crippen LogP contribution in [-0.4, -0.2) is 50.7 Å². The van der Waals surface area contributed by atoms with Gasteiger partial charge in [0.15, 0.2) is 11.5 Å². The summed E-state index contributed by atoms with van der Waals surface area (Å²) in [6, 6.07) is 0. The van der Waals surface area contributed by atoms with E-state index in [4.69, 9.17) is 15.7 Å². The monoisotopic (exact) mass is 205 g/mol. The molecule has 3 atom stereocenters. The van der Waals surface area contributed by atoms with E-state index in [2.05, 4.69) is 10.0 Å². The van der Waals surface area contributed by atoms with Crippen LogP contribution in [-0.2, 0) is 4.79 Å². The second kappa shape index (κ2) is 4.89. The van der Waals surface area contributed by atoms with E-state index in [0.717, 1.165) is 6.92 Å². The molecule has 0 fully saturated rings. The minimum Gasteiger partial charge on any atom is -0.393 e. The Kier molecular flexibility index (Phi) is 4.48. The van der Waals surface area contributed by atoms with Gasteiger partial charge in [0, 0.05) is 4.91 Å². The molecule has 0 radical (unpaired) electrons. The van der Waals surface area contributed by atoms with Gasteiger partial charge in [0.05, 0.1) is 6.61 Å². The number of hydrogen-bond acceptors (Lipinski definition) is 6. The van der Waals surface area contributed by atoms with Crippen molar-refractivity contribution in [2.24, 2.45) is 5.11 Å². The Morgan fingerprint density at radius 1 is 1.64 bits per heavy atom. The molecule has 0 aliphatic rings. The maximum absolute atomic E-state index is 10.6. The molecule has 0 aliphatic carbocycles. The lowest BCUT2D eigenvalue weighted by Crippen LogP contribution is -2.52. The van der Waals surface area contributed by atoms with Crippen molar-refractivity contribution in [3.63, 3.8) is 0 Å². The Hall–Kier alpha value is -1.18. The standard InChI is InChI=1S/C6H11N3O5/c1-3(11)4(12)5(13)6(14,2-10)8-9-7/h4-5,10,12-14H,2H2,1H3/t4-,5+,6-/m1/s1. The predicted molar refractivity (Wildman–Crippen MR) is 43.9 cm³/mol. The summed E-state index contributed by atoms with van der Waals surface area (Å²) in [5, 5.41) is 38.8. The van der Waals surface area contributed by atoms with E-state index in [0.29, 0.717) is 0 Å². The van der Waals surface area contributed by atoms with Crippen molar-refractivity contribution in [3.05, 3.63) is 10.4 Å². The van der Waals surface area contributed by atoms with Crippen LogP contribution in [0.2, 0.25) is 0 Å². The molecule has 14 heavy (non-hydrogen) atoms. The quantitative estimate of drug-likeness (QED) is 0.239. The van der Waals surface area contributed by atoms with Gasteiger partial charge in [-0.15, -0.1) is 0 Å². The van der Waals surface area contributed by atoms with Crippen LogP contribution in [0.4, 0.5) is 0 Å². The van der Waals surface area contributed by atoms with Gasteiger partial charge in [-0.2, -0.15) is 0 Å². The molecule has 0 rings (SSSR count). The summed E-state index contributed by atoms with van der Waals surface area (Å²) in [5.74, 6) is -0.822. The van der Waals surface area contributed by atoms with Gasteiger partial charge < -0.3 is 20.4 Å². The third kappa shape index (κ3) is 2.66. The first-order chi connectivity index (χ1) is 6.39. The minimum atomic E-state index is -2.60. The number of aliphatic hydroxyl groups excluding tert-OH is 3. The van der Waals surface area contributed by atoms with Crippen molar-refractivity contribution in [1.29, 1.82) is 0 Å². The highest BCUT2D eigenvalue weighted by atomic mass is 16.4. The fraction of sp³-hybridized carbons (Fsp3) is 0.833. The molecule has 0 aliphatic heterocycles. The summed E-state index contributed by atoms with van der Waals surface area (Å²) in [5.41, 5.74) is 5.41. The largest absolute Gasteiger partial charge is 0.393 e. The van der Waals surface area contributed by atoms with Crippen LogP contribution in [0.3, 0.4) is 0 Å². The molecule has 80 valence electrons. The zero-order chi connectivity index (χ0) is 11.4. The summed E-state index contributed by atoms with van der Waals surface area (Å²) < 4.78 is 0. The normalized spacial score (nSPS) is 18.9. The summed E-state index contributed by atoms with van der Waals surface area (Å²) in [4.78, 5) is 12.8. The lowest BCUT2D eigenvalue weighted by Gasteiger charge is -2.28. The predicted octanol–water partition coefficient (Wildman–Crippen LogP) is -1.71. The second-order valence-corrected chi connectivity index (χ2v) is 2.73. The Bertz CT molecular complexity index is 264. The smallest absolute Gasteiger partial charge is 0.195 e. The lowest BCUT2D eigenvalue weighted by atomic mass is 10.0. The summed E-state index contributed by atoms with van der Waals surface area (Å²) in [6.45, 7) is -0.135. The van der Waals surface area contributed by atoms with Crippen LogP contribution in [0.25, 0.3) is 10.4 Å². The fourth-order valence-electron chi connectivity index (χ4n) is 0.737. The molecule has 0 aromatic rings. The molecule has 0 spiro atoms. The summed E-state index contributed by atoms with van der Waals surface area (Å²) in [7, 11) is 0. The Labute approximate surface area is 79.0 Å². The number of nitrogens with zero attached hydrogens (tertiary/aromatic N) is 3. The minimum absolute atomic E-state index is 0.822. The van der Waals surface area contributed by atoms with Gasteiger partial charge in [-0.05, 0) is 12.5 Å². The van der Waals surface area contributed by atoms with Crippen LogP contribution in [0.15, 0.2) is 5.11 Å². The van der Waals surface area contributed by atoms with Crippen LogP contribution >= 0.6 is 0 Å². The molecule has 0 aromatic carbocycles. The molecule has 0 aromatic heterocycles. The molecule has 0 saturated heterocycles. The molecular weight excluding hydrogens is 194 g/mol. The lowest BCUT2D eigenvalue weighted by molar-refractivity contribution is -0.157. The van der Waals surface area contributed by atoms with Gasteiger partial charge in [0.2, 0.25) is 0 Å². The van der Waals surface area contributed by atoms with E-state index in [1.807, 2.05) is 0 Å². The number of rotatable bonds is 5. The highest BCUT2D eigenvalue weighted by Crippen LogP contribution is 2.16. The van der Waals surface area contributed by atoms with Crippen molar-refractivity contribution in [3.8, 4) is 0 Å². The molecule has 0 saturated carbocycles. The maximum Gasteiger partial charge on any atom is 0.195 e. The van der Waals surface area contributed by atoms with Gasteiger partial charge in [0.1, 0.15) is 12.2 Å². The molecule has 0 bridgehead atoms. The molecular formula is C6H11N3O5. The topological polar surface area (TPSA) is 147 Å². The van der Waals surface area contributed by atoms with Gasteiger partial charge in [-0.25, -0.2) is 0 Å². The Morgan fingerprint density at radius 2 is 2.14 bits per heavy atom. The number of Topliss-reactive ketones (excluding diaryl/α,β-unsaturated/α-hetero) is 1. The number of carbonyl (C=O) groups is 1. The Morgan fingerprint density at radius 3 is 2.43 bits per heavy atom. The molecule has 8 nitrogen and oxygen atoms in total. The average Bonchev–Trinajstić information content (AvgIpc) is 2.15. The first-order valence-electron chi connectivity index (χ1n) is 3.65. The van der Waals surface area contributed by atoms with Gasteiger partial charge >= 0.3 is 0 Å². The molecule has 0 heterocycles. The molecule has 0 amide bonds. The first kappa shape index (κ1) is 12.8. The van der Waals surface area contributed by atoms with Crippen LogP contribution in [0.1, 0.15) is 6.92 Å². The van der Waals surface area contributed by atoms with Crippen molar-refractivity contribution in [2.75, 3.05) is 6.61 Å². The third-order valence-corrected chi connectivity index (χ3v) is 1.64. The summed E-state index contributed by atoms with van der Waals surface area (Å²) in [6.07, 6.45) is -3.99. The summed E-state index contributed by atoms with van der Waals surface area (Å²) >= 11 is 0. The van der Waals surface area contributed by atoms with E-state index >= 15 is 0 Å². The van der Waals surface area contributed by atoms with Gasteiger partial charge in [0.25, 0.3) is 0 Å². The SMILES string of the molecule is CC(=O)[C@@H](O)[C@H](O)[C@](O)(CO)N=[N+]=[N-]. The molecule has 8 heteroatoms. The van der Waals surface area contributed by atoms with E-state index < -0.39 is 30.3 Å².